The SMILES string of the molecule is Cc1cccc2nc(C(C)(C)C)n3c4ccccc4nc3c12. The lowest BCUT2D eigenvalue weighted by Gasteiger charge is -2.21. The molecule has 0 aliphatic carbocycles. The Bertz CT molecular complexity index is 1020. The zero-order valence-corrected chi connectivity index (χ0v) is 13.4. The normalized spacial score (nSPS) is 12.5. The van der Waals surface area contributed by atoms with Crippen molar-refractivity contribution >= 4 is 27.6 Å². The van der Waals surface area contributed by atoms with Gasteiger partial charge in [0.1, 0.15) is 11.5 Å². The number of aromatic nitrogens is 3. The number of para-hydroxylation sites is 2. The Morgan fingerprint density at radius 2 is 1.59 bits per heavy atom. The van der Waals surface area contributed by atoms with Crippen LogP contribution in [-0.4, -0.2) is 14.4 Å². The van der Waals surface area contributed by atoms with Crippen molar-refractivity contribution in [3.63, 3.8) is 0 Å². The Morgan fingerprint density at radius 3 is 2.36 bits per heavy atom. The molecule has 0 aliphatic heterocycles. The monoisotopic (exact) mass is 289 g/mol. The number of hydrogen-bond donors (Lipinski definition) is 0. The van der Waals surface area contributed by atoms with Crippen LogP contribution in [0.3, 0.4) is 0 Å². The van der Waals surface area contributed by atoms with Gasteiger partial charge in [-0.2, -0.15) is 0 Å². The lowest BCUT2D eigenvalue weighted by molar-refractivity contribution is 0.542. The molecule has 0 saturated heterocycles. The van der Waals surface area contributed by atoms with Crippen molar-refractivity contribution in [2.24, 2.45) is 0 Å². The highest BCUT2D eigenvalue weighted by atomic mass is 15.1. The van der Waals surface area contributed by atoms with E-state index in [4.69, 9.17) is 9.97 Å². The summed E-state index contributed by atoms with van der Waals surface area (Å²) in [4.78, 5) is 9.88. The predicted molar refractivity (Wildman–Crippen MR) is 91.4 cm³/mol. The maximum Gasteiger partial charge on any atom is 0.149 e. The van der Waals surface area contributed by atoms with Crippen LogP contribution in [0.4, 0.5) is 0 Å². The number of rotatable bonds is 0. The van der Waals surface area contributed by atoms with Crippen LogP contribution in [0.5, 0.6) is 0 Å². The van der Waals surface area contributed by atoms with Crippen LogP contribution in [0.15, 0.2) is 42.5 Å². The van der Waals surface area contributed by atoms with Crippen molar-refractivity contribution in [1.29, 1.82) is 0 Å². The van der Waals surface area contributed by atoms with Gasteiger partial charge in [-0.1, -0.05) is 45.0 Å². The molecule has 0 bridgehead atoms. The molecule has 2 aromatic heterocycles. The molecule has 3 nitrogen and oxygen atoms in total. The molecule has 4 rings (SSSR count). The summed E-state index contributed by atoms with van der Waals surface area (Å²) in [5.74, 6) is 1.05. The Balaban J connectivity index is 2.36. The number of imidazole rings is 1. The zero-order valence-electron chi connectivity index (χ0n) is 13.4. The third kappa shape index (κ3) is 1.75. The van der Waals surface area contributed by atoms with E-state index in [1.165, 1.54) is 5.56 Å². The molecule has 0 fully saturated rings. The summed E-state index contributed by atoms with van der Waals surface area (Å²) in [5.41, 5.74) is 5.33. The average molecular weight is 289 g/mol. The van der Waals surface area contributed by atoms with Gasteiger partial charge in [-0.15, -0.1) is 0 Å². The summed E-state index contributed by atoms with van der Waals surface area (Å²) < 4.78 is 2.23. The fourth-order valence-electron chi connectivity index (χ4n) is 3.11. The largest absolute Gasteiger partial charge is 0.279 e. The topological polar surface area (TPSA) is 30.2 Å². The molecule has 110 valence electrons. The van der Waals surface area contributed by atoms with E-state index in [1.54, 1.807) is 0 Å². The first-order valence-corrected chi connectivity index (χ1v) is 7.64. The van der Waals surface area contributed by atoms with E-state index in [9.17, 15) is 0 Å². The lowest BCUT2D eigenvalue weighted by Crippen LogP contribution is -2.19. The van der Waals surface area contributed by atoms with Crippen LogP contribution in [-0.2, 0) is 5.41 Å². The molecule has 0 radical (unpaired) electrons. The minimum absolute atomic E-state index is 0.0559. The molecule has 0 unspecified atom stereocenters. The Labute approximate surface area is 129 Å². The van der Waals surface area contributed by atoms with E-state index < -0.39 is 0 Å². The van der Waals surface area contributed by atoms with E-state index in [0.717, 1.165) is 33.4 Å². The van der Waals surface area contributed by atoms with Crippen LogP contribution < -0.4 is 0 Å². The van der Waals surface area contributed by atoms with Crippen molar-refractivity contribution in [2.45, 2.75) is 33.1 Å². The van der Waals surface area contributed by atoms with Gasteiger partial charge in [0.2, 0.25) is 0 Å². The Morgan fingerprint density at radius 1 is 0.864 bits per heavy atom. The van der Waals surface area contributed by atoms with E-state index >= 15 is 0 Å². The standard InChI is InChI=1S/C19H19N3/c1-12-8-7-10-14-16(12)17-20-13-9-5-6-11-15(13)22(17)18(21-14)19(2,3)4/h5-11H,1-4H3. The van der Waals surface area contributed by atoms with Gasteiger partial charge in [-0.3, -0.25) is 4.40 Å². The van der Waals surface area contributed by atoms with Gasteiger partial charge in [0.15, 0.2) is 0 Å². The fourth-order valence-corrected chi connectivity index (χ4v) is 3.11. The molecule has 22 heavy (non-hydrogen) atoms. The van der Waals surface area contributed by atoms with Gasteiger partial charge < -0.3 is 0 Å². The van der Waals surface area contributed by atoms with Gasteiger partial charge >= 0.3 is 0 Å². The first-order valence-electron chi connectivity index (χ1n) is 7.64. The van der Waals surface area contributed by atoms with Crippen molar-refractivity contribution in [1.82, 2.24) is 14.4 Å². The summed E-state index contributed by atoms with van der Waals surface area (Å²) in [6.45, 7) is 8.72. The summed E-state index contributed by atoms with van der Waals surface area (Å²) >= 11 is 0. The number of fused-ring (bicyclic) bond motifs is 5. The predicted octanol–water partition coefficient (Wildman–Crippen LogP) is 4.64. The van der Waals surface area contributed by atoms with Gasteiger partial charge in [-0.05, 0) is 30.7 Å². The second kappa shape index (κ2) is 4.29. The fraction of sp³-hybridized carbons (Fsp3) is 0.263. The quantitative estimate of drug-likeness (QED) is 0.472. The highest BCUT2D eigenvalue weighted by Crippen LogP contribution is 2.31. The molecule has 2 heterocycles. The van der Waals surface area contributed by atoms with Crippen LogP contribution in [0.1, 0.15) is 32.2 Å². The Hall–Kier alpha value is -2.42. The molecule has 0 amide bonds. The average Bonchev–Trinajstić information content (AvgIpc) is 2.84. The van der Waals surface area contributed by atoms with Crippen LogP contribution in [0.2, 0.25) is 0 Å². The maximum atomic E-state index is 4.98. The van der Waals surface area contributed by atoms with E-state index in [0.29, 0.717) is 0 Å². The van der Waals surface area contributed by atoms with Crippen molar-refractivity contribution < 1.29 is 0 Å². The van der Waals surface area contributed by atoms with Gasteiger partial charge in [-0.25, -0.2) is 9.97 Å². The van der Waals surface area contributed by atoms with E-state index in [-0.39, 0.29) is 5.41 Å². The van der Waals surface area contributed by atoms with Crippen LogP contribution >= 0.6 is 0 Å². The van der Waals surface area contributed by atoms with Crippen LogP contribution in [0.25, 0.3) is 27.6 Å². The molecule has 4 aromatic rings. The summed E-state index contributed by atoms with van der Waals surface area (Å²) in [7, 11) is 0. The minimum atomic E-state index is -0.0559. The highest BCUT2D eigenvalue weighted by molar-refractivity contribution is 5.98. The molecule has 3 heteroatoms. The van der Waals surface area contributed by atoms with Crippen LogP contribution in [0, 0.1) is 6.92 Å². The third-order valence-electron chi connectivity index (χ3n) is 4.14. The highest BCUT2D eigenvalue weighted by Gasteiger charge is 2.23. The maximum absolute atomic E-state index is 4.98. The smallest absolute Gasteiger partial charge is 0.149 e. The molecule has 0 atom stereocenters. The Kier molecular flexibility index (Phi) is 2.59. The van der Waals surface area contributed by atoms with Crippen molar-refractivity contribution in [3.05, 3.63) is 53.9 Å². The summed E-state index contributed by atoms with van der Waals surface area (Å²) in [6.07, 6.45) is 0. The zero-order chi connectivity index (χ0) is 15.5. The van der Waals surface area contributed by atoms with Crippen molar-refractivity contribution in [3.8, 4) is 0 Å². The molecule has 0 spiro atoms. The number of hydrogen-bond acceptors (Lipinski definition) is 2. The molecular formula is C19H19N3. The van der Waals surface area contributed by atoms with E-state index in [2.05, 4.69) is 68.5 Å². The minimum Gasteiger partial charge on any atom is -0.279 e. The van der Waals surface area contributed by atoms with Gasteiger partial charge in [0.25, 0.3) is 0 Å². The molecule has 0 N–H and O–H groups in total. The first kappa shape index (κ1) is 13.3. The van der Waals surface area contributed by atoms with Gasteiger partial charge in [0, 0.05) is 10.8 Å². The summed E-state index contributed by atoms with van der Waals surface area (Å²) in [6, 6.07) is 14.6. The van der Waals surface area contributed by atoms with Gasteiger partial charge in [0.05, 0.1) is 16.6 Å². The first-order chi connectivity index (χ1) is 10.5. The molecular weight excluding hydrogens is 270 g/mol. The number of nitrogens with zero attached hydrogens (tertiary/aromatic N) is 3. The third-order valence-corrected chi connectivity index (χ3v) is 4.14. The summed E-state index contributed by atoms with van der Waals surface area (Å²) in [5, 5.41) is 1.15. The second-order valence-electron chi connectivity index (χ2n) is 6.91. The number of aryl methyl sites for hydroxylation is 1. The van der Waals surface area contributed by atoms with E-state index in [1.807, 2.05) is 6.07 Å². The van der Waals surface area contributed by atoms with Crippen molar-refractivity contribution in [2.75, 3.05) is 0 Å². The lowest BCUT2D eigenvalue weighted by atomic mass is 9.95. The second-order valence-corrected chi connectivity index (χ2v) is 6.91. The molecule has 2 aromatic carbocycles. The molecule has 0 aliphatic rings. The molecule has 0 saturated carbocycles. The number of benzene rings is 2.